The molecule has 0 spiro atoms. The Kier molecular flexibility index (Phi) is 40.1. The number of aliphatic hydroxyl groups is 1. The average molecular weight is 743 g/mol. The molecular formula is C49H110N2O. The predicted molar refractivity (Wildman–Crippen MR) is 244 cm³/mol. The van der Waals surface area contributed by atoms with Crippen molar-refractivity contribution in [2.75, 3.05) is 6.61 Å². The van der Waals surface area contributed by atoms with Crippen LogP contribution in [0.2, 0.25) is 0 Å². The van der Waals surface area contributed by atoms with Crippen molar-refractivity contribution in [3.8, 4) is 0 Å². The fourth-order valence-corrected chi connectivity index (χ4v) is 7.01. The molecule has 52 heavy (non-hydrogen) atoms. The lowest BCUT2D eigenvalue weighted by atomic mass is 9.82. The second kappa shape index (κ2) is 34.2. The number of hydrogen-bond acceptors (Lipinski definition) is 3. The van der Waals surface area contributed by atoms with Gasteiger partial charge in [0.1, 0.15) is 0 Å². The van der Waals surface area contributed by atoms with E-state index in [0.29, 0.717) is 48.5 Å². The number of rotatable bonds is 16. The monoisotopic (exact) mass is 743 g/mol. The van der Waals surface area contributed by atoms with Crippen molar-refractivity contribution in [2.45, 2.75) is 237 Å². The van der Waals surface area contributed by atoms with Crippen LogP contribution in [0.3, 0.4) is 0 Å². The molecule has 3 nitrogen and oxygen atoms in total. The minimum Gasteiger partial charge on any atom is -0.396 e. The van der Waals surface area contributed by atoms with E-state index >= 15 is 0 Å². The first-order valence-corrected chi connectivity index (χ1v) is 22.6. The Labute approximate surface area is 334 Å². The molecule has 1 fully saturated rings. The van der Waals surface area contributed by atoms with Gasteiger partial charge in [0.15, 0.2) is 0 Å². The summed E-state index contributed by atoms with van der Waals surface area (Å²) in [6, 6.07) is 2.54. The van der Waals surface area contributed by atoms with Crippen LogP contribution in [0.4, 0.5) is 0 Å². The zero-order chi connectivity index (χ0) is 42.7. The van der Waals surface area contributed by atoms with E-state index in [4.69, 9.17) is 5.11 Å². The minimum absolute atomic E-state index is 0.329. The van der Waals surface area contributed by atoms with Crippen LogP contribution in [0.5, 0.6) is 0 Å². The van der Waals surface area contributed by atoms with Gasteiger partial charge in [0.25, 0.3) is 0 Å². The molecule has 322 valence electrons. The highest BCUT2D eigenvalue weighted by Gasteiger charge is 2.47. The Morgan fingerprint density at radius 2 is 0.712 bits per heavy atom. The van der Waals surface area contributed by atoms with Crippen molar-refractivity contribution < 1.29 is 5.11 Å². The largest absolute Gasteiger partial charge is 0.396 e. The van der Waals surface area contributed by atoms with Gasteiger partial charge in [0.05, 0.1) is 0 Å². The van der Waals surface area contributed by atoms with Crippen LogP contribution >= 0.6 is 0 Å². The van der Waals surface area contributed by atoms with E-state index in [9.17, 15) is 0 Å². The SMILES string of the molecule is CC(C)C(C)C(C)C.CC(C)C(CO)C(C)C.CC(C)C1(C(C)C)CC1.CC(C)CC(C)C.CC(C)CC(NC(C)C)C(C)C.CC(C)NC(C)C. The van der Waals surface area contributed by atoms with Crippen LogP contribution in [0, 0.1) is 76.4 Å². The lowest BCUT2D eigenvalue weighted by Crippen LogP contribution is -2.39. The summed E-state index contributed by atoms with van der Waals surface area (Å²) in [5.41, 5.74) is 0.750. The Morgan fingerprint density at radius 1 is 0.404 bits per heavy atom. The third-order valence-corrected chi connectivity index (χ3v) is 10.8. The van der Waals surface area contributed by atoms with E-state index in [1.807, 2.05) is 0 Å². The molecule has 0 bridgehead atoms. The average Bonchev–Trinajstić information content (AvgIpc) is 3.75. The minimum atomic E-state index is 0.329. The van der Waals surface area contributed by atoms with Crippen LogP contribution in [-0.2, 0) is 0 Å². The smallest absolute Gasteiger partial charge is 0.0464 e. The maximum absolute atomic E-state index is 8.87. The summed E-state index contributed by atoms with van der Waals surface area (Å²) in [5.74, 6) is 9.34. The van der Waals surface area contributed by atoms with Crippen molar-refractivity contribution in [3.05, 3.63) is 0 Å². The van der Waals surface area contributed by atoms with Crippen molar-refractivity contribution in [3.63, 3.8) is 0 Å². The lowest BCUT2D eigenvalue weighted by molar-refractivity contribution is 0.150. The fraction of sp³-hybridized carbons (Fsp3) is 1.00. The molecule has 0 amide bonds. The van der Waals surface area contributed by atoms with Crippen LogP contribution in [0.1, 0.15) is 213 Å². The molecule has 0 radical (unpaired) electrons. The van der Waals surface area contributed by atoms with E-state index in [1.54, 1.807) is 0 Å². The van der Waals surface area contributed by atoms with Gasteiger partial charge in [0, 0.05) is 30.8 Å². The molecule has 0 heterocycles. The van der Waals surface area contributed by atoms with Crippen molar-refractivity contribution in [1.29, 1.82) is 0 Å². The van der Waals surface area contributed by atoms with Crippen molar-refractivity contribution >= 4 is 0 Å². The first-order chi connectivity index (χ1) is 23.4. The zero-order valence-corrected chi connectivity index (χ0v) is 41.7. The summed E-state index contributed by atoms with van der Waals surface area (Å²) < 4.78 is 0. The topological polar surface area (TPSA) is 44.3 Å². The lowest BCUT2D eigenvalue weighted by Gasteiger charge is -2.26. The second-order valence-corrected chi connectivity index (χ2v) is 21.0. The summed E-state index contributed by atoms with van der Waals surface area (Å²) in [6.45, 7) is 61.1. The highest BCUT2D eigenvalue weighted by Crippen LogP contribution is 2.57. The summed E-state index contributed by atoms with van der Waals surface area (Å²) in [7, 11) is 0. The Bertz CT molecular complexity index is 649. The van der Waals surface area contributed by atoms with Crippen molar-refractivity contribution in [2.24, 2.45) is 76.4 Å². The highest BCUT2D eigenvalue weighted by atomic mass is 16.3. The molecule has 3 heteroatoms. The molecule has 0 saturated heterocycles. The molecule has 1 atom stereocenters. The molecule has 1 aliphatic rings. The van der Waals surface area contributed by atoms with Gasteiger partial charge in [-0.15, -0.1) is 0 Å². The molecule has 0 aromatic heterocycles. The van der Waals surface area contributed by atoms with Gasteiger partial charge in [-0.25, -0.2) is 0 Å². The van der Waals surface area contributed by atoms with Gasteiger partial charge in [-0.2, -0.15) is 0 Å². The summed E-state index contributed by atoms with van der Waals surface area (Å²) in [5, 5.41) is 15.8. The zero-order valence-electron chi connectivity index (χ0n) is 41.7. The Balaban J connectivity index is -0.000000172. The fourth-order valence-electron chi connectivity index (χ4n) is 7.01. The van der Waals surface area contributed by atoms with E-state index in [-0.39, 0.29) is 0 Å². The highest BCUT2D eigenvalue weighted by molar-refractivity contribution is 4.97. The third-order valence-electron chi connectivity index (χ3n) is 10.8. The summed E-state index contributed by atoms with van der Waals surface area (Å²) in [6.07, 6.45) is 5.60. The first-order valence-electron chi connectivity index (χ1n) is 22.6. The molecule has 1 saturated carbocycles. The quantitative estimate of drug-likeness (QED) is 0.148. The maximum Gasteiger partial charge on any atom is 0.0464 e. The second-order valence-electron chi connectivity index (χ2n) is 21.0. The number of nitrogens with one attached hydrogen (secondary N) is 2. The first kappa shape index (κ1) is 61.1. The molecule has 0 aliphatic heterocycles. The predicted octanol–water partition coefficient (Wildman–Crippen LogP) is 15.1. The molecule has 1 unspecified atom stereocenters. The van der Waals surface area contributed by atoms with Gasteiger partial charge in [-0.05, 0) is 102 Å². The molecule has 3 N–H and O–H groups in total. The summed E-state index contributed by atoms with van der Waals surface area (Å²) in [4.78, 5) is 0. The maximum atomic E-state index is 8.87. The molecule has 1 rings (SSSR count). The van der Waals surface area contributed by atoms with E-state index in [1.165, 1.54) is 25.7 Å². The van der Waals surface area contributed by atoms with Crippen LogP contribution in [0.25, 0.3) is 0 Å². The van der Waals surface area contributed by atoms with Gasteiger partial charge in [-0.1, -0.05) is 187 Å². The van der Waals surface area contributed by atoms with Crippen LogP contribution < -0.4 is 10.6 Å². The molecular weight excluding hydrogens is 633 g/mol. The Hall–Kier alpha value is -0.120. The van der Waals surface area contributed by atoms with E-state index in [0.717, 1.165) is 58.7 Å². The third kappa shape index (κ3) is 39.6. The van der Waals surface area contributed by atoms with Crippen LogP contribution in [-0.4, -0.2) is 35.9 Å². The van der Waals surface area contributed by atoms with Gasteiger partial charge in [0.2, 0.25) is 0 Å². The molecule has 0 aromatic rings. The number of aliphatic hydroxyl groups excluding tert-OH is 1. The summed E-state index contributed by atoms with van der Waals surface area (Å²) >= 11 is 0. The molecule has 1 aliphatic carbocycles. The molecule has 0 aromatic carbocycles. The standard InChI is InChI=1S/C11H25N.C9H18.C8H18O.C8H18.C7H16.C6H15N/c1-8(2)7-11(9(3)4)12-10(5)6;1-7(2)9(5-6-9)8(3)4;1-6(2)8(5-9)7(3)4;1-6(2)8(5)7(3)4;1-6(2)5-7(3)4;1-5(2)7-6(3)4/h8-12H,7H2,1-6H3;7-8H,5-6H2,1-4H3;6-9H,5H2,1-4H3;6-8H,1-5H3;6-7H,5H2,1-4H3;5-7H,1-4H3. The Morgan fingerprint density at radius 3 is 0.769 bits per heavy atom. The van der Waals surface area contributed by atoms with E-state index < -0.39 is 0 Å². The normalized spacial score (nSPS) is 14.4. The van der Waals surface area contributed by atoms with Gasteiger partial charge >= 0.3 is 0 Å². The van der Waals surface area contributed by atoms with Gasteiger partial charge < -0.3 is 15.7 Å². The van der Waals surface area contributed by atoms with Crippen molar-refractivity contribution in [1.82, 2.24) is 10.6 Å². The van der Waals surface area contributed by atoms with Crippen LogP contribution in [0.15, 0.2) is 0 Å². The van der Waals surface area contributed by atoms with E-state index in [2.05, 4.69) is 198 Å². The van der Waals surface area contributed by atoms with Gasteiger partial charge in [-0.3, -0.25) is 0 Å². The number of hydrogen-bond donors (Lipinski definition) is 3.